The summed E-state index contributed by atoms with van der Waals surface area (Å²) in [6.07, 6.45) is 2.04. The van der Waals surface area contributed by atoms with E-state index >= 15 is 0 Å². The van der Waals surface area contributed by atoms with Crippen LogP contribution in [0.2, 0.25) is 0 Å². The highest BCUT2D eigenvalue weighted by Crippen LogP contribution is 2.32. The van der Waals surface area contributed by atoms with E-state index in [1.54, 1.807) is 13.8 Å². The molecule has 0 aromatic carbocycles. The van der Waals surface area contributed by atoms with Crippen LogP contribution >= 0.6 is 0 Å². The molecule has 1 amide bonds. The highest BCUT2D eigenvalue weighted by atomic mass is 16.5. The van der Waals surface area contributed by atoms with E-state index in [4.69, 9.17) is 9.84 Å². The van der Waals surface area contributed by atoms with Crippen molar-refractivity contribution in [2.24, 2.45) is 0 Å². The molecule has 0 heterocycles. The first-order valence-corrected chi connectivity index (χ1v) is 5.41. The van der Waals surface area contributed by atoms with Crippen molar-refractivity contribution >= 4 is 11.9 Å². The van der Waals surface area contributed by atoms with E-state index in [1.807, 2.05) is 0 Å². The smallest absolute Gasteiger partial charge is 0.329 e. The average Bonchev–Trinajstić information content (AvgIpc) is 2.10. The van der Waals surface area contributed by atoms with Crippen molar-refractivity contribution in [3.05, 3.63) is 0 Å². The van der Waals surface area contributed by atoms with Gasteiger partial charge in [-0.25, -0.2) is 4.79 Å². The van der Waals surface area contributed by atoms with Crippen LogP contribution in [0, 0.1) is 0 Å². The summed E-state index contributed by atoms with van der Waals surface area (Å²) in [4.78, 5) is 22.7. The normalized spacial score (nSPS) is 18.7. The number of aliphatic carboxylic acids is 1. The first kappa shape index (κ1) is 13.0. The minimum Gasteiger partial charge on any atom is -0.480 e. The van der Waals surface area contributed by atoms with Gasteiger partial charge in [-0.05, 0) is 33.1 Å². The summed E-state index contributed by atoms with van der Waals surface area (Å²) in [5, 5.41) is 11.6. The molecule has 0 unspecified atom stereocenters. The Morgan fingerprint density at radius 3 is 2.31 bits per heavy atom. The Labute approximate surface area is 95.2 Å². The van der Waals surface area contributed by atoms with Gasteiger partial charge in [0.25, 0.3) is 0 Å². The molecule has 0 atom stereocenters. The predicted molar refractivity (Wildman–Crippen MR) is 58.1 cm³/mol. The molecular weight excluding hydrogens is 210 g/mol. The molecule has 5 heteroatoms. The fourth-order valence-corrected chi connectivity index (χ4v) is 1.69. The van der Waals surface area contributed by atoms with Crippen LogP contribution in [0.15, 0.2) is 0 Å². The maximum Gasteiger partial charge on any atom is 0.329 e. The summed E-state index contributed by atoms with van der Waals surface area (Å²) in [6, 6.07) is 0. The second-order valence-electron chi connectivity index (χ2n) is 4.93. The number of carboxylic acid groups (broad SMARTS) is 1. The molecule has 0 saturated heterocycles. The molecule has 16 heavy (non-hydrogen) atoms. The Hall–Kier alpha value is -1.10. The van der Waals surface area contributed by atoms with E-state index in [9.17, 15) is 9.59 Å². The Morgan fingerprint density at radius 1 is 1.44 bits per heavy atom. The Kier molecular flexibility index (Phi) is 3.57. The van der Waals surface area contributed by atoms with E-state index in [2.05, 4.69) is 5.32 Å². The molecule has 1 saturated carbocycles. The third kappa shape index (κ3) is 2.72. The largest absolute Gasteiger partial charge is 0.480 e. The second kappa shape index (κ2) is 4.41. The number of carbonyl (C=O) groups excluding carboxylic acids is 1. The number of nitrogens with one attached hydrogen (secondary N) is 1. The van der Waals surface area contributed by atoms with Crippen molar-refractivity contribution in [3.63, 3.8) is 0 Å². The third-order valence-electron chi connectivity index (χ3n) is 3.13. The first-order valence-electron chi connectivity index (χ1n) is 5.41. The lowest BCUT2D eigenvalue weighted by Gasteiger charge is -2.39. The number of ether oxygens (including phenoxy) is 1. The Balaban J connectivity index is 2.54. The van der Waals surface area contributed by atoms with E-state index in [0.29, 0.717) is 12.8 Å². The minimum absolute atomic E-state index is 0.165. The van der Waals surface area contributed by atoms with E-state index in [-0.39, 0.29) is 12.3 Å². The molecule has 0 radical (unpaired) electrons. The van der Waals surface area contributed by atoms with Crippen LogP contribution in [0.3, 0.4) is 0 Å². The van der Waals surface area contributed by atoms with Gasteiger partial charge in [-0.1, -0.05) is 0 Å². The van der Waals surface area contributed by atoms with Crippen LogP contribution in [0.1, 0.15) is 39.5 Å². The van der Waals surface area contributed by atoms with Crippen molar-refractivity contribution in [2.75, 3.05) is 7.11 Å². The van der Waals surface area contributed by atoms with Crippen LogP contribution < -0.4 is 5.32 Å². The van der Waals surface area contributed by atoms with Crippen LogP contribution in [0.4, 0.5) is 0 Å². The molecule has 0 spiro atoms. The first-order chi connectivity index (χ1) is 7.31. The van der Waals surface area contributed by atoms with Crippen molar-refractivity contribution < 1.29 is 19.4 Å². The summed E-state index contributed by atoms with van der Waals surface area (Å²) in [6.45, 7) is 3.58. The summed E-state index contributed by atoms with van der Waals surface area (Å²) in [7, 11) is 1.53. The Morgan fingerprint density at radius 2 is 2.00 bits per heavy atom. The summed E-state index contributed by atoms with van der Waals surface area (Å²) < 4.78 is 5.13. The number of rotatable bonds is 5. The van der Waals surface area contributed by atoms with Crippen molar-refractivity contribution in [1.29, 1.82) is 0 Å². The molecule has 0 aliphatic heterocycles. The fourth-order valence-electron chi connectivity index (χ4n) is 1.69. The molecule has 1 rings (SSSR count). The van der Waals surface area contributed by atoms with Gasteiger partial charge in [0.1, 0.15) is 5.54 Å². The molecular formula is C11H19NO4. The molecule has 2 N–H and O–H groups in total. The average molecular weight is 229 g/mol. The van der Waals surface area contributed by atoms with Crippen LogP contribution in [-0.2, 0) is 14.3 Å². The van der Waals surface area contributed by atoms with Crippen molar-refractivity contribution in [3.8, 4) is 0 Å². The number of hydrogen-bond donors (Lipinski definition) is 2. The summed E-state index contributed by atoms with van der Waals surface area (Å²) >= 11 is 0. The van der Waals surface area contributed by atoms with Crippen molar-refractivity contribution in [1.82, 2.24) is 5.32 Å². The minimum atomic E-state index is -1.03. The maximum atomic E-state index is 11.7. The number of carboxylic acids is 1. The lowest BCUT2D eigenvalue weighted by molar-refractivity contribution is -0.152. The molecule has 0 aromatic heterocycles. The van der Waals surface area contributed by atoms with Gasteiger partial charge in [0.15, 0.2) is 0 Å². The highest BCUT2D eigenvalue weighted by Gasteiger charge is 2.46. The number of hydrogen-bond acceptors (Lipinski definition) is 3. The van der Waals surface area contributed by atoms with E-state index < -0.39 is 17.1 Å². The van der Waals surface area contributed by atoms with Gasteiger partial charge in [-0.3, -0.25) is 4.79 Å². The van der Waals surface area contributed by atoms with Crippen molar-refractivity contribution in [2.45, 2.75) is 50.7 Å². The predicted octanol–water partition coefficient (Wildman–Crippen LogP) is 0.925. The number of amides is 1. The lowest BCUT2D eigenvalue weighted by Crippen LogP contribution is -2.59. The standard InChI is InChI=1S/C11H19NO4/c1-10(2,16-3)7-8(13)12-11(9(14)15)5-4-6-11/h4-7H2,1-3H3,(H,12,13)(H,14,15). The van der Waals surface area contributed by atoms with Gasteiger partial charge in [-0.15, -0.1) is 0 Å². The number of methoxy groups -OCH3 is 1. The summed E-state index contributed by atoms with van der Waals surface area (Å²) in [5.74, 6) is -1.21. The quantitative estimate of drug-likeness (QED) is 0.735. The number of carbonyl (C=O) groups is 2. The van der Waals surface area contributed by atoms with Crippen LogP contribution in [0.5, 0.6) is 0 Å². The zero-order chi connectivity index (χ0) is 12.4. The van der Waals surface area contributed by atoms with Gasteiger partial charge in [-0.2, -0.15) is 0 Å². The molecule has 0 aromatic rings. The summed E-state index contributed by atoms with van der Waals surface area (Å²) in [5.41, 5.74) is -1.59. The maximum absolute atomic E-state index is 11.7. The van der Waals surface area contributed by atoms with Gasteiger partial charge in [0.2, 0.25) is 5.91 Å². The van der Waals surface area contributed by atoms with Crippen LogP contribution in [0.25, 0.3) is 0 Å². The molecule has 1 aliphatic rings. The van der Waals surface area contributed by atoms with Gasteiger partial charge in [0.05, 0.1) is 12.0 Å². The zero-order valence-electron chi connectivity index (χ0n) is 10.0. The fraction of sp³-hybridized carbons (Fsp3) is 0.818. The monoisotopic (exact) mass is 229 g/mol. The molecule has 1 aliphatic carbocycles. The van der Waals surface area contributed by atoms with Gasteiger partial charge in [0, 0.05) is 7.11 Å². The van der Waals surface area contributed by atoms with Gasteiger partial charge >= 0.3 is 5.97 Å². The van der Waals surface area contributed by atoms with E-state index in [1.165, 1.54) is 7.11 Å². The van der Waals surface area contributed by atoms with Crippen LogP contribution in [-0.4, -0.2) is 35.2 Å². The molecule has 92 valence electrons. The van der Waals surface area contributed by atoms with Gasteiger partial charge < -0.3 is 15.2 Å². The zero-order valence-corrected chi connectivity index (χ0v) is 10.0. The highest BCUT2D eigenvalue weighted by molar-refractivity contribution is 5.88. The third-order valence-corrected chi connectivity index (χ3v) is 3.13. The topological polar surface area (TPSA) is 75.6 Å². The molecule has 0 bridgehead atoms. The Bertz CT molecular complexity index is 294. The lowest BCUT2D eigenvalue weighted by atomic mass is 9.76. The molecule has 1 fully saturated rings. The van der Waals surface area contributed by atoms with E-state index in [0.717, 1.165) is 6.42 Å². The molecule has 5 nitrogen and oxygen atoms in total. The SMILES string of the molecule is COC(C)(C)CC(=O)NC1(C(=O)O)CCC1. The second-order valence-corrected chi connectivity index (χ2v) is 4.93.